The molecular weight excluding hydrogens is 433 g/mol. The minimum Gasteiger partial charge on any atom is -0.356 e. The molecule has 8 heteroatoms. The highest BCUT2D eigenvalue weighted by Crippen LogP contribution is 2.08. The summed E-state index contributed by atoms with van der Waals surface area (Å²) in [4.78, 5) is 28.3. The molecule has 7 nitrogen and oxygen atoms in total. The number of nitrogens with zero attached hydrogens (tertiary/aromatic N) is 2. The van der Waals surface area contributed by atoms with E-state index in [0.717, 1.165) is 13.0 Å². The molecule has 25 heavy (non-hydrogen) atoms. The maximum Gasteiger partial charge on any atom is 0.324 e. The molecule has 2 rings (SSSR count). The predicted octanol–water partition coefficient (Wildman–Crippen LogP) is 1.18. The van der Waals surface area contributed by atoms with Crippen molar-refractivity contribution in [1.82, 2.24) is 20.9 Å². The lowest BCUT2D eigenvalue weighted by atomic mass is 10.1. The predicted molar refractivity (Wildman–Crippen MR) is 110 cm³/mol. The van der Waals surface area contributed by atoms with Crippen LogP contribution >= 0.6 is 24.0 Å². The van der Waals surface area contributed by atoms with Crippen molar-refractivity contribution < 1.29 is 9.59 Å². The molecule has 1 fully saturated rings. The highest BCUT2D eigenvalue weighted by molar-refractivity contribution is 14.0. The summed E-state index contributed by atoms with van der Waals surface area (Å²) in [5.74, 6) is 0.464. The molecule has 0 aliphatic carbocycles. The van der Waals surface area contributed by atoms with E-state index in [1.807, 2.05) is 0 Å². The second-order valence-electron chi connectivity index (χ2n) is 5.88. The number of hydrogen-bond donors (Lipinski definition) is 3. The molecule has 0 atom stereocenters. The molecule has 0 bridgehead atoms. The minimum atomic E-state index is -0.334. The Morgan fingerprint density at radius 2 is 1.80 bits per heavy atom. The van der Waals surface area contributed by atoms with E-state index in [2.05, 4.69) is 53.0 Å². The molecule has 0 unspecified atom stereocenters. The molecule has 1 aliphatic rings. The van der Waals surface area contributed by atoms with Crippen LogP contribution in [0.5, 0.6) is 0 Å². The zero-order valence-electron chi connectivity index (χ0n) is 14.9. The van der Waals surface area contributed by atoms with Gasteiger partial charge in [-0.15, -0.1) is 24.0 Å². The Hall–Kier alpha value is -1.84. The van der Waals surface area contributed by atoms with Crippen LogP contribution in [0.4, 0.5) is 4.79 Å². The molecule has 138 valence electrons. The number of rotatable bonds is 6. The maximum absolute atomic E-state index is 11.5. The van der Waals surface area contributed by atoms with E-state index in [4.69, 9.17) is 0 Å². The first kappa shape index (κ1) is 21.2. The first-order valence-corrected chi connectivity index (χ1v) is 8.09. The van der Waals surface area contributed by atoms with E-state index in [0.29, 0.717) is 19.0 Å². The van der Waals surface area contributed by atoms with E-state index in [1.54, 1.807) is 7.05 Å². The zero-order chi connectivity index (χ0) is 17.5. The van der Waals surface area contributed by atoms with E-state index in [1.165, 1.54) is 21.6 Å². The van der Waals surface area contributed by atoms with Crippen LogP contribution in [0, 0.1) is 13.8 Å². The summed E-state index contributed by atoms with van der Waals surface area (Å²) in [6, 6.07) is 6.19. The molecular formula is C17H26IN5O2. The summed E-state index contributed by atoms with van der Waals surface area (Å²) in [6.07, 6.45) is 0.899. The maximum atomic E-state index is 11.5. The van der Waals surface area contributed by atoms with E-state index in [-0.39, 0.29) is 42.5 Å². The lowest BCUT2D eigenvalue weighted by molar-refractivity contribution is -0.124. The third kappa shape index (κ3) is 6.52. The number of imide groups is 1. The fraction of sp³-hybridized carbons (Fsp3) is 0.471. The van der Waals surface area contributed by atoms with Crippen LogP contribution in [-0.2, 0) is 11.2 Å². The molecule has 3 N–H and O–H groups in total. The quantitative estimate of drug-likeness (QED) is 0.258. The first-order valence-electron chi connectivity index (χ1n) is 8.09. The van der Waals surface area contributed by atoms with Crippen LogP contribution in [0.3, 0.4) is 0 Å². The Labute approximate surface area is 165 Å². The first-order chi connectivity index (χ1) is 11.5. The van der Waals surface area contributed by atoms with E-state index in [9.17, 15) is 9.59 Å². The Morgan fingerprint density at radius 1 is 1.16 bits per heavy atom. The fourth-order valence-corrected chi connectivity index (χ4v) is 2.73. The lowest BCUT2D eigenvalue weighted by Gasteiger charge is -2.15. The van der Waals surface area contributed by atoms with Crippen LogP contribution < -0.4 is 16.0 Å². The van der Waals surface area contributed by atoms with Crippen LogP contribution in [0.25, 0.3) is 0 Å². The minimum absolute atomic E-state index is 0. The number of carbonyl (C=O) groups is 2. The molecule has 1 aromatic carbocycles. The molecule has 3 amide bonds. The summed E-state index contributed by atoms with van der Waals surface area (Å²) < 4.78 is 0. The molecule has 0 spiro atoms. The van der Waals surface area contributed by atoms with E-state index >= 15 is 0 Å². The second kappa shape index (κ2) is 10.2. The summed E-state index contributed by atoms with van der Waals surface area (Å²) in [5, 5.41) is 8.85. The standard InChI is InChI=1S/C17H25N5O2.HI/c1-12-8-13(2)10-14(9-12)4-5-19-16(18-3)20-6-7-22-15(23)11-21-17(22)24;/h8-10H,4-7,11H2,1-3H3,(H,21,24)(H2,18,19,20);1H. The van der Waals surface area contributed by atoms with Crippen LogP contribution in [0.15, 0.2) is 23.2 Å². The van der Waals surface area contributed by atoms with Gasteiger partial charge >= 0.3 is 6.03 Å². The normalized spacial score (nSPS) is 14.2. The van der Waals surface area contributed by atoms with Crippen molar-refractivity contribution in [1.29, 1.82) is 0 Å². The Kier molecular flexibility index (Phi) is 8.67. The number of aryl methyl sites for hydroxylation is 2. The summed E-state index contributed by atoms with van der Waals surface area (Å²) in [6.45, 7) is 5.82. The highest BCUT2D eigenvalue weighted by atomic mass is 127. The van der Waals surface area contributed by atoms with E-state index < -0.39 is 0 Å². The van der Waals surface area contributed by atoms with Crippen molar-refractivity contribution in [2.45, 2.75) is 20.3 Å². The van der Waals surface area contributed by atoms with Crippen molar-refractivity contribution in [2.75, 3.05) is 33.2 Å². The third-order valence-electron chi connectivity index (χ3n) is 3.78. The van der Waals surface area contributed by atoms with Gasteiger partial charge in [0, 0.05) is 26.7 Å². The number of amides is 3. The molecule has 0 radical (unpaired) electrons. The average Bonchev–Trinajstić information content (AvgIpc) is 2.84. The summed E-state index contributed by atoms with van der Waals surface area (Å²) >= 11 is 0. The van der Waals surface area contributed by atoms with Gasteiger partial charge in [0.25, 0.3) is 0 Å². The van der Waals surface area contributed by atoms with Gasteiger partial charge in [0.2, 0.25) is 5.91 Å². The van der Waals surface area contributed by atoms with Gasteiger partial charge in [-0.25, -0.2) is 4.79 Å². The Morgan fingerprint density at radius 3 is 2.36 bits per heavy atom. The number of benzene rings is 1. The molecule has 1 saturated heterocycles. The monoisotopic (exact) mass is 459 g/mol. The number of guanidine groups is 1. The van der Waals surface area contributed by atoms with Gasteiger partial charge < -0.3 is 16.0 Å². The number of hydrogen-bond acceptors (Lipinski definition) is 3. The zero-order valence-corrected chi connectivity index (χ0v) is 17.2. The average molecular weight is 459 g/mol. The number of halogens is 1. The van der Waals surface area contributed by atoms with Gasteiger partial charge in [-0.3, -0.25) is 14.7 Å². The van der Waals surface area contributed by atoms with Crippen LogP contribution in [0.2, 0.25) is 0 Å². The van der Waals surface area contributed by atoms with Crippen molar-refractivity contribution in [3.63, 3.8) is 0 Å². The second-order valence-corrected chi connectivity index (χ2v) is 5.88. The number of nitrogens with one attached hydrogen (secondary N) is 3. The Balaban J connectivity index is 0.00000312. The number of carbonyl (C=O) groups excluding carboxylic acids is 2. The number of urea groups is 1. The van der Waals surface area contributed by atoms with Gasteiger partial charge in [-0.2, -0.15) is 0 Å². The van der Waals surface area contributed by atoms with Crippen LogP contribution in [-0.4, -0.2) is 56.0 Å². The lowest BCUT2D eigenvalue weighted by Crippen LogP contribution is -2.43. The SMILES string of the molecule is CN=C(NCCc1cc(C)cc(C)c1)NCCN1C(=O)CNC1=O.I. The van der Waals surface area contributed by atoms with Crippen molar-refractivity contribution in [3.05, 3.63) is 34.9 Å². The van der Waals surface area contributed by atoms with Crippen molar-refractivity contribution in [2.24, 2.45) is 4.99 Å². The molecule has 1 aliphatic heterocycles. The van der Waals surface area contributed by atoms with Gasteiger partial charge in [0.1, 0.15) is 0 Å². The topological polar surface area (TPSA) is 85.8 Å². The smallest absolute Gasteiger partial charge is 0.324 e. The van der Waals surface area contributed by atoms with Crippen molar-refractivity contribution >= 4 is 41.9 Å². The van der Waals surface area contributed by atoms with Crippen molar-refractivity contribution in [3.8, 4) is 0 Å². The third-order valence-corrected chi connectivity index (χ3v) is 3.78. The largest absolute Gasteiger partial charge is 0.356 e. The summed E-state index contributed by atoms with van der Waals surface area (Å²) in [7, 11) is 1.69. The Bertz CT molecular complexity index is 612. The molecule has 0 saturated carbocycles. The molecule has 1 heterocycles. The van der Waals surface area contributed by atoms with Gasteiger partial charge in [0.15, 0.2) is 5.96 Å². The van der Waals surface area contributed by atoms with Gasteiger partial charge in [-0.1, -0.05) is 29.3 Å². The van der Waals surface area contributed by atoms with Crippen LogP contribution in [0.1, 0.15) is 16.7 Å². The highest BCUT2D eigenvalue weighted by Gasteiger charge is 2.27. The molecule has 1 aromatic rings. The summed E-state index contributed by atoms with van der Waals surface area (Å²) in [5.41, 5.74) is 3.82. The van der Waals surface area contributed by atoms with Gasteiger partial charge in [-0.05, 0) is 25.8 Å². The molecule has 0 aromatic heterocycles. The number of aliphatic imine (C=N–C) groups is 1. The van der Waals surface area contributed by atoms with Gasteiger partial charge in [0.05, 0.1) is 6.54 Å². The fourth-order valence-electron chi connectivity index (χ4n) is 2.73.